The lowest BCUT2D eigenvalue weighted by molar-refractivity contribution is -0.142. The van der Waals surface area contributed by atoms with Crippen molar-refractivity contribution in [1.82, 2.24) is 15.1 Å². The Bertz CT molecular complexity index is 526. The second kappa shape index (κ2) is 7.13. The van der Waals surface area contributed by atoms with Crippen LogP contribution in [0.1, 0.15) is 36.2 Å². The summed E-state index contributed by atoms with van der Waals surface area (Å²) in [6, 6.07) is 0. The number of aromatic nitrogens is 2. The summed E-state index contributed by atoms with van der Waals surface area (Å²) in [4.78, 5) is 11.8. The number of nitrogens with zero attached hydrogens (tertiary/aromatic N) is 2. The van der Waals surface area contributed by atoms with Crippen LogP contribution in [0.4, 0.5) is 13.2 Å². The predicted octanol–water partition coefficient (Wildman–Crippen LogP) is 1.93. The molecule has 0 spiro atoms. The van der Waals surface area contributed by atoms with Gasteiger partial charge in [-0.1, -0.05) is 6.42 Å². The average Bonchev–Trinajstić information content (AvgIpc) is 2.63. The van der Waals surface area contributed by atoms with Crippen molar-refractivity contribution in [3.63, 3.8) is 0 Å². The number of carbonyl (C=O) groups excluding carboxylic acids is 1. The van der Waals surface area contributed by atoms with Crippen molar-refractivity contribution in [3.8, 4) is 0 Å². The second-order valence-corrected chi connectivity index (χ2v) is 5.33. The summed E-state index contributed by atoms with van der Waals surface area (Å²) in [5.41, 5.74) is -0.0319. The Morgan fingerprint density at radius 3 is 2.73 bits per heavy atom. The highest BCUT2D eigenvalue weighted by Gasteiger charge is 2.39. The van der Waals surface area contributed by atoms with E-state index in [1.54, 1.807) is 0 Å². The molecule has 22 heavy (non-hydrogen) atoms. The van der Waals surface area contributed by atoms with Gasteiger partial charge in [-0.3, -0.25) is 9.48 Å². The number of halogens is 3. The van der Waals surface area contributed by atoms with Gasteiger partial charge in [0.25, 0.3) is 0 Å². The van der Waals surface area contributed by atoms with Crippen LogP contribution in [-0.4, -0.2) is 35.9 Å². The van der Waals surface area contributed by atoms with Gasteiger partial charge in [0.2, 0.25) is 5.91 Å². The third-order valence-corrected chi connectivity index (χ3v) is 3.70. The van der Waals surface area contributed by atoms with Crippen molar-refractivity contribution in [1.29, 1.82) is 0 Å². The van der Waals surface area contributed by atoms with Gasteiger partial charge < -0.3 is 10.1 Å². The molecule has 1 amide bonds. The van der Waals surface area contributed by atoms with Gasteiger partial charge in [-0.15, -0.1) is 0 Å². The van der Waals surface area contributed by atoms with E-state index in [-0.39, 0.29) is 18.0 Å². The van der Waals surface area contributed by atoms with E-state index in [4.69, 9.17) is 4.74 Å². The van der Waals surface area contributed by atoms with Crippen LogP contribution in [0.2, 0.25) is 0 Å². The number of fused-ring (bicyclic) bond motifs is 1. The average molecular weight is 319 g/mol. The highest BCUT2D eigenvalue weighted by Crippen LogP contribution is 2.35. The molecular weight excluding hydrogens is 299 g/mol. The Morgan fingerprint density at radius 2 is 2.05 bits per heavy atom. The zero-order valence-corrected chi connectivity index (χ0v) is 12.5. The van der Waals surface area contributed by atoms with E-state index >= 15 is 0 Å². The van der Waals surface area contributed by atoms with Gasteiger partial charge in [0.15, 0.2) is 5.69 Å². The maximum absolute atomic E-state index is 13.1. The smallest absolute Gasteiger partial charge is 0.383 e. The third kappa shape index (κ3) is 4.00. The number of alkyl halides is 3. The van der Waals surface area contributed by atoms with Crippen LogP contribution in [0.15, 0.2) is 0 Å². The molecule has 0 saturated heterocycles. The van der Waals surface area contributed by atoms with Crippen molar-refractivity contribution in [2.24, 2.45) is 0 Å². The zero-order chi connectivity index (χ0) is 16.2. The SMILES string of the molecule is COCCNC(=O)Cn1nc(C(F)(F)F)c2c1CCCCC2. The summed E-state index contributed by atoms with van der Waals surface area (Å²) in [5.74, 6) is -0.361. The molecule has 1 aliphatic rings. The monoisotopic (exact) mass is 319 g/mol. The van der Waals surface area contributed by atoms with E-state index < -0.39 is 11.9 Å². The lowest BCUT2D eigenvalue weighted by atomic mass is 10.1. The zero-order valence-electron chi connectivity index (χ0n) is 12.5. The highest BCUT2D eigenvalue weighted by atomic mass is 19.4. The maximum atomic E-state index is 13.1. The molecule has 0 saturated carbocycles. The molecule has 124 valence electrons. The molecule has 0 fully saturated rings. The fourth-order valence-corrected chi connectivity index (χ4v) is 2.69. The first-order valence-corrected chi connectivity index (χ1v) is 7.35. The topological polar surface area (TPSA) is 56.1 Å². The summed E-state index contributed by atoms with van der Waals surface area (Å²) < 4.78 is 45.4. The van der Waals surface area contributed by atoms with Gasteiger partial charge >= 0.3 is 6.18 Å². The van der Waals surface area contributed by atoms with Gasteiger partial charge in [-0.25, -0.2) is 0 Å². The van der Waals surface area contributed by atoms with Crippen molar-refractivity contribution in [3.05, 3.63) is 17.0 Å². The summed E-state index contributed by atoms with van der Waals surface area (Å²) in [5, 5.41) is 6.27. The number of carbonyl (C=O) groups is 1. The Balaban J connectivity index is 2.20. The molecule has 0 radical (unpaired) electrons. The molecule has 8 heteroatoms. The molecule has 0 unspecified atom stereocenters. The molecule has 1 heterocycles. The molecule has 2 rings (SSSR count). The third-order valence-electron chi connectivity index (χ3n) is 3.70. The summed E-state index contributed by atoms with van der Waals surface area (Å²) in [6.45, 7) is 0.490. The van der Waals surface area contributed by atoms with E-state index in [9.17, 15) is 18.0 Å². The number of amides is 1. The number of ether oxygens (including phenoxy) is 1. The van der Waals surface area contributed by atoms with Crippen LogP contribution in [0.25, 0.3) is 0 Å². The molecule has 0 atom stereocenters. The lowest BCUT2D eigenvalue weighted by Crippen LogP contribution is -2.31. The molecule has 0 aliphatic heterocycles. The first-order valence-electron chi connectivity index (χ1n) is 7.35. The molecule has 0 aromatic carbocycles. The molecule has 1 aromatic heterocycles. The van der Waals surface area contributed by atoms with Crippen LogP contribution >= 0.6 is 0 Å². The highest BCUT2D eigenvalue weighted by molar-refractivity contribution is 5.75. The fourth-order valence-electron chi connectivity index (χ4n) is 2.69. The van der Waals surface area contributed by atoms with Crippen molar-refractivity contribution < 1.29 is 22.7 Å². The number of nitrogens with one attached hydrogen (secondary N) is 1. The van der Waals surface area contributed by atoms with Gasteiger partial charge in [0, 0.05) is 24.9 Å². The van der Waals surface area contributed by atoms with Crippen LogP contribution in [0.3, 0.4) is 0 Å². The Hall–Kier alpha value is -1.57. The van der Waals surface area contributed by atoms with Crippen molar-refractivity contribution >= 4 is 5.91 Å². The number of hydrogen-bond donors (Lipinski definition) is 1. The standard InChI is InChI=1S/C14H20F3N3O2/c1-22-8-7-18-12(21)9-20-11-6-4-2-3-5-10(11)13(19-20)14(15,16)17/h2-9H2,1H3,(H,18,21). The quantitative estimate of drug-likeness (QED) is 0.666. The molecule has 1 aliphatic carbocycles. The van der Waals surface area contributed by atoms with Crippen molar-refractivity contribution in [2.75, 3.05) is 20.3 Å². The van der Waals surface area contributed by atoms with Gasteiger partial charge in [0.1, 0.15) is 6.54 Å². The normalized spacial score (nSPS) is 15.3. The van der Waals surface area contributed by atoms with Gasteiger partial charge in [-0.2, -0.15) is 18.3 Å². The maximum Gasteiger partial charge on any atom is 0.435 e. The molecule has 1 N–H and O–H groups in total. The molecular formula is C14H20F3N3O2. The number of rotatable bonds is 5. The summed E-state index contributed by atoms with van der Waals surface area (Å²) in [7, 11) is 1.51. The minimum atomic E-state index is -4.48. The lowest BCUT2D eigenvalue weighted by Gasteiger charge is -2.08. The first-order chi connectivity index (χ1) is 10.4. The van der Waals surface area contributed by atoms with Gasteiger partial charge in [0.05, 0.1) is 6.61 Å². The van der Waals surface area contributed by atoms with Crippen molar-refractivity contribution in [2.45, 2.75) is 44.8 Å². The van der Waals surface area contributed by atoms with E-state index in [0.717, 1.165) is 19.3 Å². The molecule has 1 aromatic rings. The number of methoxy groups -OCH3 is 1. The van der Waals surface area contributed by atoms with E-state index in [1.807, 2.05) is 0 Å². The molecule has 5 nitrogen and oxygen atoms in total. The molecule has 0 bridgehead atoms. The van der Waals surface area contributed by atoms with Crippen LogP contribution in [0, 0.1) is 0 Å². The largest absolute Gasteiger partial charge is 0.435 e. The fraction of sp³-hybridized carbons (Fsp3) is 0.714. The summed E-state index contributed by atoms with van der Waals surface area (Å²) >= 11 is 0. The predicted molar refractivity (Wildman–Crippen MR) is 73.4 cm³/mol. The van der Waals surface area contributed by atoms with E-state index in [2.05, 4.69) is 10.4 Å². The Morgan fingerprint density at radius 1 is 1.32 bits per heavy atom. The van der Waals surface area contributed by atoms with E-state index in [0.29, 0.717) is 31.7 Å². The number of hydrogen-bond acceptors (Lipinski definition) is 3. The van der Waals surface area contributed by atoms with Crippen LogP contribution < -0.4 is 5.32 Å². The minimum absolute atomic E-state index is 0.192. The first kappa shape index (κ1) is 16.8. The van der Waals surface area contributed by atoms with E-state index in [1.165, 1.54) is 11.8 Å². The Labute approximate surface area is 126 Å². The summed E-state index contributed by atoms with van der Waals surface area (Å²) in [6.07, 6.45) is -1.14. The van der Waals surface area contributed by atoms with Crippen LogP contribution in [-0.2, 0) is 35.1 Å². The second-order valence-electron chi connectivity index (χ2n) is 5.33. The van der Waals surface area contributed by atoms with Gasteiger partial charge in [-0.05, 0) is 25.7 Å². The minimum Gasteiger partial charge on any atom is -0.383 e. The van der Waals surface area contributed by atoms with Crippen LogP contribution in [0.5, 0.6) is 0 Å². The Kier molecular flexibility index (Phi) is 5.44.